The van der Waals surface area contributed by atoms with Gasteiger partial charge in [0.05, 0.1) is 25.4 Å². The van der Waals surface area contributed by atoms with Gasteiger partial charge >= 0.3 is 5.97 Å². The monoisotopic (exact) mass is 570 g/mol. The molecule has 0 unspecified atom stereocenters. The first kappa shape index (κ1) is 29.2. The van der Waals surface area contributed by atoms with Crippen molar-refractivity contribution in [3.05, 3.63) is 65.7 Å². The van der Waals surface area contributed by atoms with Crippen molar-refractivity contribution >= 4 is 16.7 Å². The highest BCUT2D eigenvalue weighted by Gasteiger charge is 2.52. The highest BCUT2D eigenvalue weighted by molar-refractivity contribution is 5.92. The van der Waals surface area contributed by atoms with Gasteiger partial charge in [0.2, 0.25) is 0 Å². The second-order valence-corrected chi connectivity index (χ2v) is 13.0. The maximum atomic E-state index is 12.5. The molecule has 0 saturated heterocycles. The van der Waals surface area contributed by atoms with E-state index >= 15 is 0 Å². The summed E-state index contributed by atoms with van der Waals surface area (Å²) >= 11 is 0. The number of benzene rings is 3. The second kappa shape index (κ2) is 13.2. The molecule has 3 aromatic carbocycles. The minimum atomic E-state index is -0.240. The van der Waals surface area contributed by atoms with E-state index < -0.39 is 0 Å². The lowest BCUT2D eigenvalue weighted by Gasteiger charge is -2.57. The lowest BCUT2D eigenvalue weighted by Crippen LogP contribution is -2.48. The van der Waals surface area contributed by atoms with Crippen LogP contribution < -0.4 is 4.74 Å². The molecule has 0 heterocycles. The summed E-state index contributed by atoms with van der Waals surface area (Å²) < 4.78 is 22.7. The van der Waals surface area contributed by atoms with Crippen LogP contribution >= 0.6 is 0 Å². The van der Waals surface area contributed by atoms with Crippen molar-refractivity contribution in [1.29, 1.82) is 0 Å². The van der Waals surface area contributed by atoms with Crippen LogP contribution in [0.4, 0.5) is 0 Å². The Kier molecular flexibility index (Phi) is 9.16. The normalized spacial score (nSPS) is 24.3. The summed E-state index contributed by atoms with van der Waals surface area (Å²) in [6.45, 7) is 3.99. The highest BCUT2D eigenvalue weighted by atomic mass is 16.7. The standard InChI is InChI=1S/C37H46O5/c1-3-4-5-6-13-41-36(38)30-9-7-29(8-10-30)31-11-12-32-21-35(42-25-40-15-14-39-2)34(20-33(32)19-31)37-22-26-16-27(23-37)18-28(17-26)24-37/h7-12,19-21,26-28H,3-6,13-18,22-25H2,1-2H3. The maximum Gasteiger partial charge on any atom is 0.338 e. The molecule has 42 heavy (non-hydrogen) atoms. The van der Waals surface area contributed by atoms with Gasteiger partial charge in [0.15, 0.2) is 6.79 Å². The van der Waals surface area contributed by atoms with Crippen molar-refractivity contribution in [3.63, 3.8) is 0 Å². The molecule has 5 heteroatoms. The van der Waals surface area contributed by atoms with Gasteiger partial charge in [-0.1, -0.05) is 50.5 Å². The number of methoxy groups -OCH3 is 1. The molecule has 3 aromatic rings. The molecule has 224 valence electrons. The van der Waals surface area contributed by atoms with Crippen molar-refractivity contribution < 1.29 is 23.7 Å². The molecular weight excluding hydrogens is 524 g/mol. The lowest BCUT2D eigenvalue weighted by atomic mass is 9.48. The number of hydrogen-bond acceptors (Lipinski definition) is 5. The molecule has 0 aliphatic heterocycles. The van der Waals surface area contributed by atoms with E-state index in [2.05, 4.69) is 37.3 Å². The van der Waals surface area contributed by atoms with Gasteiger partial charge in [-0.15, -0.1) is 0 Å². The van der Waals surface area contributed by atoms with Gasteiger partial charge < -0.3 is 18.9 Å². The van der Waals surface area contributed by atoms with Crippen LogP contribution in [0.5, 0.6) is 5.75 Å². The van der Waals surface area contributed by atoms with Gasteiger partial charge in [0.25, 0.3) is 0 Å². The van der Waals surface area contributed by atoms with Gasteiger partial charge in [0, 0.05) is 12.7 Å². The lowest BCUT2D eigenvalue weighted by molar-refractivity contribution is -0.0188. The number of rotatable bonds is 14. The zero-order valence-corrected chi connectivity index (χ0v) is 25.4. The summed E-state index contributed by atoms with van der Waals surface area (Å²) in [5.74, 6) is 3.30. The van der Waals surface area contributed by atoms with Crippen LogP contribution in [0.25, 0.3) is 21.9 Å². The fourth-order valence-electron chi connectivity index (χ4n) is 8.31. The molecule has 0 amide bonds. The first-order chi connectivity index (χ1) is 20.6. The summed E-state index contributed by atoms with van der Waals surface area (Å²) in [7, 11) is 1.69. The van der Waals surface area contributed by atoms with Gasteiger partial charge in [-0.05, 0) is 120 Å². The van der Waals surface area contributed by atoms with Crippen molar-refractivity contribution in [2.45, 2.75) is 76.5 Å². The molecule has 4 aliphatic carbocycles. The van der Waals surface area contributed by atoms with Crippen LogP contribution in [-0.4, -0.2) is 39.7 Å². The Hall–Kier alpha value is -2.89. The van der Waals surface area contributed by atoms with E-state index in [0.29, 0.717) is 25.4 Å². The fourth-order valence-corrected chi connectivity index (χ4v) is 8.31. The second-order valence-electron chi connectivity index (χ2n) is 13.0. The van der Waals surface area contributed by atoms with Crippen LogP contribution in [0.15, 0.2) is 54.6 Å². The Balaban J connectivity index is 1.24. The molecule has 4 saturated carbocycles. The van der Waals surface area contributed by atoms with Gasteiger partial charge in [0.1, 0.15) is 5.75 Å². The summed E-state index contributed by atoms with van der Waals surface area (Å²) in [6.07, 6.45) is 12.5. The SMILES string of the molecule is CCCCCCOC(=O)c1ccc(-c2ccc3cc(OCOCCOC)c(C45CC6CC(CC(C6)C4)C5)cc3c2)cc1. The molecule has 0 spiro atoms. The minimum Gasteiger partial charge on any atom is -0.467 e. The smallest absolute Gasteiger partial charge is 0.338 e. The van der Waals surface area contributed by atoms with Gasteiger partial charge in [-0.25, -0.2) is 4.79 Å². The molecule has 4 aliphatic rings. The van der Waals surface area contributed by atoms with Crippen molar-refractivity contribution in [2.75, 3.05) is 33.7 Å². The van der Waals surface area contributed by atoms with E-state index in [-0.39, 0.29) is 18.2 Å². The van der Waals surface area contributed by atoms with Crippen LogP contribution in [-0.2, 0) is 19.6 Å². The molecule has 0 aromatic heterocycles. The van der Waals surface area contributed by atoms with Crippen LogP contribution in [0.3, 0.4) is 0 Å². The first-order valence-corrected chi connectivity index (χ1v) is 16.1. The van der Waals surface area contributed by atoms with E-state index in [1.54, 1.807) is 7.11 Å². The van der Waals surface area contributed by atoms with Crippen LogP contribution in [0.2, 0.25) is 0 Å². The Labute approximate surface area is 250 Å². The molecule has 0 N–H and O–H groups in total. The predicted molar refractivity (Wildman–Crippen MR) is 167 cm³/mol. The predicted octanol–water partition coefficient (Wildman–Crippen LogP) is 8.71. The molecule has 7 rings (SSSR count). The van der Waals surface area contributed by atoms with E-state index in [4.69, 9.17) is 18.9 Å². The largest absolute Gasteiger partial charge is 0.467 e. The van der Waals surface area contributed by atoms with E-state index in [0.717, 1.165) is 47.5 Å². The third kappa shape index (κ3) is 6.38. The van der Waals surface area contributed by atoms with E-state index in [9.17, 15) is 4.79 Å². The van der Waals surface area contributed by atoms with Crippen LogP contribution in [0, 0.1) is 17.8 Å². The number of carbonyl (C=O) groups excluding carboxylic acids is 1. The molecule has 4 fully saturated rings. The Bertz CT molecular complexity index is 1330. The molecule has 4 bridgehead atoms. The fraction of sp³-hybridized carbons (Fsp3) is 0.541. The zero-order valence-electron chi connectivity index (χ0n) is 25.4. The Morgan fingerprint density at radius 3 is 2.19 bits per heavy atom. The average molecular weight is 571 g/mol. The van der Waals surface area contributed by atoms with E-state index in [1.165, 1.54) is 67.7 Å². The molecular formula is C37H46O5. The zero-order chi connectivity index (χ0) is 28.9. The molecule has 0 radical (unpaired) electrons. The topological polar surface area (TPSA) is 54.0 Å². The van der Waals surface area contributed by atoms with Crippen molar-refractivity contribution in [3.8, 4) is 16.9 Å². The van der Waals surface area contributed by atoms with Gasteiger partial charge in [-0.2, -0.15) is 0 Å². The number of hydrogen-bond donors (Lipinski definition) is 0. The molecule has 5 nitrogen and oxygen atoms in total. The van der Waals surface area contributed by atoms with Crippen molar-refractivity contribution in [1.82, 2.24) is 0 Å². The van der Waals surface area contributed by atoms with Crippen molar-refractivity contribution in [2.24, 2.45) is 17.8 Å². The maximum absolute atomic E-state index is 12.5. The minimum absolute atomic E-state index is 0.208. The summed E-state index contributed by atoms with van der Waals surface area (Å²) in [4.78, 5) is 12.5. The van der Waals surface area contributed by atoms with E-state index in [1.807, 2.05) is 24.3 Å². The quantitative estimate of drug-likeness (QED) is 0.110. The first-order valence-electron chi connectivity index (χ1n) is 16.1. The summed E-state index contributed by atoms with van der Waals surface area (Å²) in [6, 6.07) is 19.1. The van der Waals surface area contributed by atoms with Gasteiger partial charge in [-0.3, -0.25) is 0 Å². The number of esters is 1. The Morgan fingerprint density at radius 2 is 1.50 bits per heavy atom. The number of fused-ring (bicyclic) bond motifs is 1. The Morgan fingerprint density at radius 1 is 0.786 bits per heavy atom. The highest BCUT2D eigenvalue weighted by Crippen LogP contribution is 2.62. The number of unbranched alkanes of at least 4 members (excludes halogenated alkanes) is 3. The summed E-state index contributed by atoms with van der Waals surface area (Å²) in [5, 5.41) is 2.41. The number of ether oxygens (including phenoxy) is 4. The number of carbonyl (C=O) groups is 1. The average Bonchev–Trinajstić information content (AvgIpc) is 2.99. The third-order valence-electron chi connectivity index (χ3n) is 9.96. The molecule has 0 atom stereocenters. The third-order valence-corrected chi connectivity index (χ3v) is 9.96. The van der Waals surface area contributed by atoms with Crippen LogP contribution in [0.1, 0.15) is 87.1 Å². The summed E-state index contributed by atoms with van der Waals surface area (Å²) in [5.41, 5.74) is 4.43.